The summed E-state index contributed by atoms with van der Waals surface area (Å²) in [7, 11) is 0. The van der Waals surface area contributed by atoms with Gasteiger partial charge in [-0.3, -0.25) is 0 Å². The van der Waals surface area contributed by atoms with Crippen LogP contribution in [0.5, 0.6) is 0 Å². The van der Waals surface area contributed by atoms with Crippen LogP contribution in [0, 0.1) is 0 Å². The molecule has 0 spiro atoms. The number of hydrogen-bond acceptors (Lipinski definition) is 3. The van der Waals surface area contributed by atoms with Crippen LogP contribution in [0.1, 0.15) is 19.4 Å². The lowest BCUT2D eigenvalue weighted by Crippen LogP contribution is -2.58. The molecule has 0 aliphatic carbocycles. The van der Waals surface area contributed by atoms with E-state index in [4.69, 9.17) is 0 Å². The van der Waals surface area contributed by atoms with Gasteiger partial charge < -0.3 is 10.2 Å². The number of likely N-dealkylation sites (N-methyl/N-ethyl adjacent to an activating group) is 1. The van der Waals surface area contributed by atoms with Gasteiger partial charge in [-0.1, -0.05) is 19.9 Å². The zero-order chi connectivity index (χ0) is 10.7. The molecule has 2 rings (SSSR count). The van der Waals surface area contributed by atoms with Crippen LogP contribution in [-0.2, 0) is 6.42 Å². The van der Waals surface area contributed by atoms with E-state index >= 15 is 0 Å². The Morgan fingerprint density at radius 2 is 2.20 bits per heavy atom. The maximum absolute atomic E-state index is 4.46. The maximum Gasteiger partial charge on any atom is 0.128 e. The molecule has 3 nitrogen and oxygen atoms in total. The van der Waals surface area contributed by atoms with Crippen LogP contribution in [0.2, 0.25) is 0 Å². The Morgan fingerprint density at radius 3 is 2.73 bits per heavy atom. The van der Waals surface area contributed by atoms with Crippen molar-refractivity contribution in [3.8, 4) is 0 Å². The Hall–Kier alpha value is -1.09. The molecule has 0 radical (unpaired) electrons. The van der Waals surface area contributed by atoms with Gasteiger partial charge in [0, 0.05) is 25.3 Å². The molecule has 1 aromatic heterocycles. The Balaban J connectivity index is 1.89. The van der Waals surface area contributed by atoms with Gasteiger partial charge >= 0.3 is 0 Å². The minimum Gasteiger partial charge on any atom is -0.353 e. The highest BCUT2D eigenvalue weighted by molar-refractivity contribution is 5.43. The molecule has 0 aromatic carbocycles. The fourth-order valence-electron chi connectivity index (χ4n) is 1.90. The van der Waals surface area contributed by atoms with Crippen LogP contribution in [0.4, 0.5) is 5.82 Å². The van der Waals surface area contributed by atoms with E-state index in [1.807, 2.05) is 6.20 Å². The number of aromatic nitrogens is 1. The summed E-state index contributed by atoms with van der Waals surface area (Å²) in [6.07, 6.45) is 3.04. The van der Waals surface area contributed by atoms with Crippen molar-refractivity contribution < 1.29 is 0 Å². The average Bonchev–Trinajstić information content (AvgIpc) is 2.23. The molecular formula is C12H19N3. The van der Waals surface area contributed by atoms with Gasteiger partial charge in [-0.25, -0.2) is 4.98 Å². The van der Waals surface area contributed by atoms with Gasteiger partial charge in [-0.05, 0) is 24.6 Å². The normalized spacial score (nSPS) is 16.5. The van der Waals surface area contributed by atoms with Crippen LogP contribution < -0.4 is 10.2 Å². The summed E-state index contributed by atoms with van der Waals surface area (Å²) in [6.45, 7) is 7.54. The number of pyridine rings is 1. The SMILES string of the molecule is CCNC1CN(c2ccc(CC)cn2)C1. The topological polar surface area (TPSA) is 28.2 Å². The molecular weight excluding hydrogens is 186 g/mol. The standard InChI is InChI=1S/C12H19N3/c1-3-10-5-6-12(14-7-10)15-8-11(9-15)13-4-2/h5-7,11,13H,3-4,8-9H2,1-2H3. The highest BCUT2D eigenvalue weighted by Crippen LogP contribution is 2.18. The van der Waals surface area contributed by atoms with E-state index in [-0.39, 0.29) is 0 Å². The van der Waals surface area contributed by atoms with Crippen molar-refractivity contribution in [3.63, 3.8) is 0 Å². The van der Waals surface area contributed by atoms with E-state index in [9.17, 15) is 0 Å². The quantitative estimate of drug-likeness (QED) is 0.806. The zero-order valence-corrected chi connectivity index (χ0v) is 9.53. The first-order valence-corrected chi connectivity index (χ1v) is 5.76. The zero-order valence-electron chi connectivity index (χ0n) is 9.53. The third-order valence-electron chi connectivity index (χ3n) is 2.92. The van der Waals surface area contributed by atoms with Crippen LogP contribution in [0.3, 0.4) is 0 Å². The Morgan fingerprint density at radius 1 is 1.40 bits per heavy atom. The Kier molecular flexibility index (Phi) is 3.21. The predicted octanol–water partition coefficient (Wildman–Crippen LogP) is 1.44. The van der Waals surface area contributed by atoms with Gasteiger partial charge in [0.25, 0.3) is 0 Å². The molecule has 1 N–H and O–H groups in total. The molecule has 1 aliphatic rings. The fraction of sp³-hybridized carbons (Fsp3) is 0.583. The monoisotopic (exact) mass is 205 g/mol. The molecule has 3 heteroatoms. The lowest BCUT2D eigenvalue weighted by molar-refractivity contribution is 0.426. The Labute approximate surface area is 91.5 Å². The van der Waals surface area contributed by atoms with E-state index in [2.05, 4.69) is 41.2 Å². The second-order valence-corrected chi connectivity index (χ2v) is 4.04. The molecule has 1 saturated heterocycles. The van der Waals surface area contributed by atoms with Crippen LogP contribution in [0.15, 0.2) is 18.3 Å². The van der Waals surface area contributed by atoms with Crippen molar-refractivity contribution in [1.82, 2.24) is 10.3 Å². The van der Waals surface area contributed by atoms with Crippen LogP contribution in [-0.4, -0.2) is 30.7 Å². The number of nitrogens with zero attached hydrogens (tertiary/aromatic N) is 2. The van der Waals surface area contributed by atoms with Crippen molar-refractivity contribution in [2.45, 2.75) is 26.3 Å². The van der Waals surface area contributed by atoms with Gasteiger partial charge in [0.15, 0.2) is 0 Å². The molecule has 15 heavy (non-hydrogen) atoms. The van der Waals surface area contributed by atoms with Gasteiger partial charge in [-0.15, -0.1) is 0 Å². The Bertz CT molecular complexity index is 301. The lowest BCUT2D eigenvalue weighted by Gasteiger charge is -2.40. The summed E-state index contributed by atoms with van der Waals surface area (Å²) in [6, 6.07) is 4.95. The fourth-order valence-corrected chi connectivity index (χ4v) is 1.90. The van der Waals surface area contributed by atoms with Crippen molar-refractivity contribution >= 4 is 5.82 Å². The van der Waals surface area contributed by atoms with Gasteiger partial charge in [0.1, 0.15) is 5.82 Å². The van der Waals surface area contributed by atoms with Gasteiger partial charge in [-0.2, -0.15) is 0 Å². The highest BCUT2D eigenvalue weighted by atomic mass is 15.3. The van der Waals surface area contributed by atoms with Crippen molar-refractivity contribution in [2.75, 3.05) is 24.5 Å². The molecule has 0 unspecified atom stereocenters. The smallest absolute Gasteiger partial charge is 0.128 e. The summed E-state index contributed by atoms with van der Waals surface area (Å²) in [4.78, 5) is 6.78. The summed E-state index contributed by atoms with van der Waals surface area (Å²) in [5, 5.41) is 3.43. The summed E-state index contributed by atoms with van der Waals surface area (Å²) in [5.74, 6) is 1.11. The number of hydrogen-bond donors (Lipinski definition) is 1. The molecule has 1 fully saturated rings. The summed E-state index contributed by atoms with van der Waals surface area (Å²) < 4.78 is 0. The molecule has 1 aromatic rings. The highest BCUT2D eigenvalue weighted by Gasteiger charge is 2.26. The lowest BCUT2D eigenvalue weighted by atomic mass is 10.1. The van der Waals surface area contributed by atoms with E-state index in [1.54, 1.807) is 0 Å². The third kappa shape index (κ3) is 2.29. The summed E-state index contributed by atoms with van der Waals surface area (Å²) in [5.41, 5.74) is 1.31. The van der Waals surface area contributed by atoms with Gasteiger partial charge in [0.2, 0.25) is 0 Å². The van der Waals surface area contributed by atoms with Crippen molar-refractivity contribution in [3.05, 3.63) is 23.9 Å². The minimum atomic E-state index is 0.655. The first kappa shape index (κ1) is 10.4. The van der Waals surface area contributed by atoms with E-state index in [1.165, 1.54) is 5.56 Å². The first-order valence-electron chi connectivity index (χ1n) is 5.76. The minimum absolute atomic E-state index is 0.655. The number of nitrogens with one attached hydrogen (secondary N) is 1. The van der Waals surface area contributed by atoms with Crippen LogP contribution in [0.25, 0.3) is 0 Å². The molecule has 0 saturated carbocycles. The second kappa shape index (κ2) is 4.62. The van der Waals surface area contributed by atoms with Crippen LogP contribution >= 0.6 is 0 Å². The van der Waals surface area contributed by atoms with Crippen molar-refractivity contribution in [2.24, 2.45) is 0 Å². The van der Waals surface area contributed by atoms with Crippen molar-refractivity contribution in [1.29, 1.82) is 0 Å². The first-order chi connectivity index (χ1) is 7.33. The second-order valence-electron chi connectivity index (χ2n) is 4.04. The molecule has 82 valence electrons. The number of aryl methyl sites for hydroxylation is 1. The molecule has 0 amide bonds. The van der Waals surface area contributed by atoms with Gasteiger partial charge in [0.05, 0.1) is 0 Å². The number of rotatable bonds is 4. The molecule has 1 aliphatic heterocycles. The third-order valence-corrected chi connectivity index (χ3v) is 2.92. The number of anilines is 1. The molecule has 2 heterocycles. The van der Waals surface area contributed by atoms with E-state index in [0.29, 0.717) is 6.04 Å². The average molecular weight is 205 g/mol. The maximum atomic E-state index is 4.46. The predicted molar refractivity (Wildman–Crippen MR) is 63.3 cm³/mol. The molecule has 0 bridgehead atoms. The van der Waals surface area contributed by atoms with E-state index in [0.717, 1.165) is 31.9 Å². The molecule has 0 atom stereocenters. The summed E-state index contributed by atoms with van der Waals surface area (Å²) >= 11 is 0. The van der Waals surface area contributed by atoms with E-state index < -0.39 is 0 Å². The largest absolute Gasteiger partial charge is 0.353 e.